The first-order valence-electron chi connectivity index (χ1n) is 8.10. The Labute approximate surface area is 149 Å². The molecule has 134 valence electrons. The van der Waals surface area contributed by atoms with Crippen molar-refractivity contribution in [3.05, 3.63) is 77.2 Å². The molecule has 1 aromatic heterocycles. The number of carbonyl (C=O) groups is 1. The van der Waals surface area contributed by atoms with Gasteiger partial charge in [0.1, 0.15) is 23.7 Å². The van der Waals surface area contributed by atoms with Gasteiger partial charge in [0, 0.05) is 6.42 Å². The summed E-state index contributed by atoms with van der Waals surface area (Å²) in [7, 11) is 0. The second kappa shape index (κ2) is 8.24. The van der Waals surface area contributed by atoms with Crippen LogP contribution < -0.4 is 4.74 Å². The van der Waals surface area contributed by atoms with Gasteiger partial charge in [-0.25, -0.2) is 9.18 Å². The normalized spacial score (nSPS) is 10.5. The Kier molecular flexibility index (Phi) is 5.58. The van der Waals surface area contributed by atoms with Gasteiger partial charge in [-0.1, -0.05) is 36.3 Å². The highest BCUT2D eigenvalue weighted by Gasteiger charge is 2.15. The molecule has 0 aliphatic carbocycles. The lowest BCUT2D eigenvalue weighted by Crippen LogP contribution is -2.08. The van der Waals surface area contributed by atoms with E-state index in [2.05, 4.69) is 10.1 Å². The average molecular weight is 356 g/mol. The second-order valence-electron chi connectivity index (χ2n) is 5.45. The number of hydrogen-bond donors (Lipinski definition) is 0. The Balaban J connectivity index is 1.63. The first kappa shape index (κ1) is 17.6. The van der Waals surface area contributed by atoms with Crippen LogP contribution in [0.15, 0.2) is 53.1 Å². The minimum Gasteiger partial charge on any atom is -0.488 e. The molecule has 0 radical (unpaired) electrons. The molecule has 0 aliphatic heterocycles. The van der Waals surface area contributed by atoms with Crippen molar-refractivity contribution in [1.82, 2.24) is 10.1 Å². The number of halogens is 1. The van der Waals surface area contributed by atoms with Crippen LogP contribution in [-0.2, 0) is 24.4 Å². The van der Waals surface area contributed by atoms with Crippen LogP contribution in [-0.4, -0.2) is 16.1 Å². The molecule has 0 aliphatic rings. The van der Waals surface area contributed by atoms with E-state index in [1.807, 2.05) is 6.92 Å². The number of aromatic nitrogens is 2. The fourth-order valence-electron chi connectivity index (χ4n) is 2.20. The number of para-hydroxylation sites is 1. The topological polar surface area (TPSA) is 74.5 Å². The highest BCUT2D eigenvalue weighted by Crippen LogP contribution is 2.21. The van der Waals surface area contributed by atoms with Crippen molar-refractivity contribution < 1.29 is 23.2 Å². The van der Waals surface area contributed by atoms with E-state index in [0.717, 1.165) is 5.56 Å². The van der Waals surface area contributed by atoms with E-state index >= 15 is 0 Å². The summed E-state index contributed by atoms with van der Waals surface area (Å²) in [5.74, 6) is 0.293. The van der Waals surface area contributed by atoms with Gasteiger partial charge in [-0.15, -0.1) is 0 Å². The quantitative estimate of drug-likeness (QED) is 0.601. The molecule has 3 rings (SSSR count). The summed E-state index contributed by atoms with van der Waals surface area (Å²) in [6.07, 6.45) is 0.636. The van der Waals surface area contributed by atoms with Crippen molar-refractivity contribution >= 4 is 5.97 Å². The molecule has 1 heterocycles. The fourth-order valence-corrected chi connectivity index (χ4v) is 2.20. The lowest BCUT2D eigenvalue weighted by Gasteiger charge is -2.10. The molecule has 0 atom stereocenters. The zero-order chi connectivity index (χ0) is 18.4. The smallest absolute Gasteiger partial charge is 0.342 e. The summed E-state index contributed by atoms with van der Waals surface area (Å²) in [5, 5.41) is 3.74. The number of benzene rings is 2. The van der Waals surface area contributed by atoms with Gasteiger partial charge < -0.3 is 14.0 Å². The van der Waals surface area contributed by atoms with E-state index in [0.29, 0.717) is 18.0 Å². The zero-order valence-electron chi connectivity index (χ0n) is 14.1. The largest absolute Gasteiger partial charge is 0.488 e. The number of carbonyl (C=O) groups excluding carboxylic acids is 1. The number of ether oxygens (including phenoxy) is 2. The van der Waals surface area contributed by atoms with E-state index in [9.17, 15) is 9.18 Å². The molecule has 0 bridgehead atoms. The van der Waals surface area contributed by atoms with Crippen molar-refractivity contribution in [3.63, 3.8) is 0 Å². The predicted octanol–water partition coefficient (Wildman–Crippen LogP) is 3.71. The SMILES string of the molecule is CCc1noc(COC(=O)c2ccccc2OCc2ccc(F)cc2)n1. The van der Waals surface area contributed by atoms with Crippen molar-refractivity contribution in [2.75, 3.05) is 0 Å². The van der Waals surface area contributed by atoms with Crippen molar-refractivity contribution in [2.24, 2.45) is 0 Å². The molecule has 0 N–H and O–H groups in total. The molecule has 0 fully saturated rings. The Hall–Kier alpha value is -3.22. The minimum absolute atomic E-state index is 0.113. The number of aryl methyl sites for hydroxylation is 1. The summed E-state index contributed by atoms with van der Waals surface area (Å²) >= 11 is 0. The van der Waals surface area contributed by atoms with Crippen LogP contribution in [0.4, 0.5) is 4.39 Å². The first-order valence-corrected chi connectivity index (χ1v) is 8.10. The third-order valence-electron chi connectivity index (χ3n) is 3.57. The van der Waals surface area contributed by atoms with Crippen molar-refractivity contribution in [2.45, 2.75) is 26.6 Å². The number of esters is 1. The van der Waals surface area contributed by atoms with E-state index in [4.69, 9.17) is 14.0 Å². The molecule has 0 amide bonds. The average Bonchev–Trinajstić information content (AvgIpc) is 3.14. The van der Waals surface area contributed by atoms with Gasteiger partial charge in [-0.3, -0.25) is 0 Å². The molecular weight excluding hydrogens is 339 g/mol. The summed E-state index contributed by atoms with van der Waals surface area (Å²) in [6, 6.07) is 12.7. The van der Waals surface area contributed by atoms with Crippen molar-refractivity contribution in [1.29, 1.82) is 0 Å². The third-order valence-corrected chi connectivity index (χ3v) is 3.57. The van der Waals surface area contributed by atoms with Gasteiger partial charge >= 0.3 is 5.97 Å². The molecule has 0 saturated heterocycles. The minimum atomic E-state index is -0.559. The molecule has 6 nitrogen and oxygen atoms in total. The predicted molar refractivity (Wildman–Crippen MR) is 90.0 cm³/mol. The Morgan fingerprint density at radius 2 is 1.88 bits per heavy atom. The van der Waals surface area contributed by atoms with Crippen LogP contribution in [0.3, 0.4) is 0 Å². The Bertz CT molecular complexity index is 877. The molecule has 26 heavy (non-hydrogen) atoms. The zero-order valence-corrected chi connectivity index (χ0v) is 14.1. The van der Waals surface area contributed by atoms with E-state index < -0.39 is 5.97 Å². The Morgan fingerprint density at radius 1 is 1.12 bits per heavy atom. The number of rotatable bonds is 7. The van der Waals surface area contributed by atoms with Crippen LogP contribution in [0.5, 0.6) is 5.75 Å². The van der Waals surface area contributed by atoms with E-state index in [-0.39, 0.29) is 30.5 Å². The van der Waals surface area contributed by atoms with Crippen LogP contribution in [0, 0.1) is 5.82 Å². The second-order valence-corrected chi connectivity index (χ2v) is 5.45. The number of nitrogens with zero attached hydrogens (tertiary/aromatic N) is 2. The summed E-state index contributed by atoms with van der Waals surface area (Å²) < 4.78 is 28.8. The van der Waals surface area contributed by atoms with Crippen LogP contribution in [0.1, 0.15) is 34.6 Å². The molecule has 0 spiro atoms. The van der Waals surface area contributed by atoms with Crippen molar-refractivity contribution in [3.8, 4) is 5.75 Å². The maximum Gasteiger partial charge on any atom is 0.342 e. The third kappa shape index (κ3) is 4.44. The van der Waals surface area contributed by atoms with E-state index in [1.165, 1.54) is 12.1 Å². The van der Waals surface area contributed by atoms with Gasteiger partial charge in [-0.05, 0) is 29.8 Å². The van der Waals surface area contributed by atoms with Gasteiger partial charge in [0.05, 0.1) is 0 Å². The van der Waals surface area contributed by atoms with E-state index in [1.54, 1.807) is 36.4 Å². The van der Waals surface area contributed by atoms with Crippen LogP contribution >= 0.6 is 0 Å². The molecule has 0 unspecified atom stereocenters. The lowest BCUT2D eigenvalue weighted by molar-refractivity contribution is 0.0425. The van der Waals surface area contributed by atoms with Crippen LogP contribution in [0.2, 0.25) is 0 Å². The van der Waals surface area contributed by atoms with Gasteiger partial charge in [0.15, 0.2) is 12.4 Å². The molecule has 7 heteroatoms. The number of hydrogen-bond acceptors (Lipinski definition) is 6. The van der Waals surface area contributed by atoms with Crippen LogP contribution in [0.25, 0.3) is 0 Å². The Morgan fingerprint density at radius 3 is 2.62 bits per heavy atom. The molecule has 0 saturated carbocycles. The fraction of sp³-hybridized carbons (Fsp3) is 0.211. The summed E-state index contributed by atoms with van der Waals surface area (Å²) in [4.78, 5) is 16.4. The monoisotopic (exact) mass is 356 g/mol. The lowest BCUT2D eigenvalue weighted by atomic mass is 10.2. The highest BCUT2D eigenvalue weighted by atomic mass is 19.1. The molecule has 2 aromatic carbocycles. The standard InChI is InChI=1S/C19H17FN2O4/c1-2-17-21-18(26-22-17)12-25-19(23)15-5-3-4-6-16(15)24-11-13-7-9-14(20)10-8-13/h3-10H,2,11-12H2,1H3. The first-order chi connectivity index (χ1) is 12.7. The highest BCUT2D eigenvalue weighted by molar-refractivity contribution is 5.92. The maximum atomic E-state index is 12.9. The van der Waals surface area contributed by atoms with Gasteiger partial charge in [0.2, 0.25) is 0 Å². The molecular formula is C19H17FN2O4. The van der Waals surface area contributed by atoms with Gasteiger partial charge in [-0.2, -0.15) is 4.98 Å². The molecule has 3 aromatic rings. The summed E-state index contributed by atoms with van der Waals surface area (Å²) in [5.41, 5.74) is 1.07. The maximum absolute atomic E-state index is 12.9. The van der Waals surface area contributed by atoms with Gasteiger partial charge in [0.25, 0.3) is 5.89 Å². The summed E-state index contributed by atoms with van der Waals surface area (Å²) in [6.45, 7) is 1.99.